The van der Waals surface area contributed by atoms with E-state index in [1.165, 1.54) is 31.4 Å². The van der Waals surface area contributed by atoms with Gasteiger partial charge in [-0.15, -0.1) is 0 Å². The number of esters is 3. The zero-order chi connectivity index (χ0) is 35.2. The van der Waals surface area contributed by atoms with E-state index in [0.717, 1.165) is 17.5 Å². The smallest absolute Gasteiger partial charge is 0.353 e. The lowest BCUT2D eigenvalue weighted by atomic mass is 9.45. The van der Waals surface area contributed by atoms with E-state index in [9.17, 15) is 39.3 Å². The highest BCUT2D eigenvalue weighted by Gasteiger charge is 2.72. The summed E-state index contributed by atoms with van der Waals surface area (Å²) in [6.07, 6.45) is -5.14. The van der Waals surface area contributed by atoms with E-state index >= 15 is 0 Å². The Hall–Kier alpha value is -4.95. The number of benzene rings is 2. The molecule has 0 amide bonds. The third-order valence-corrected chi connectivity index (χ3v) is 10.2. The molecule has 14 heteroatoms. The number of methoxy groups -OCH3 is 1. The van der Waals surface area contributed by atoms with Crippen LogP contribution in [0.1, 0.15) is 61.8 Å². The van der Waals surface area contributed by atoms with Gasteiger partial charge in [-0.3, -0.25) is 9.59 Å². The van der Waals surface area contributed by atoms with Gasteiger partial charge in [0.05, 0.1) is 31.0 Å². The average molecular weight is 681 g/mol. The summed E-state index contributed by atoms with van der Waals surface area (Å²) < 4.78 is 27.8. The minimum atomic E-state index is -2.07. The fourth-order valence-electron chi connectivity index (χ4n) is 7.99. The van der Waals surface area contributed by atoms with E-state index < -0.39 is 78.1 Å². The molecule has 14 nitrogen and oxygen atoms in total. The third kappa shape index (κ3) is 5.68. The topological polar surface area (TPSA) is 212 Å². The van der Waals surface area contributed by atoms with Crippen molar-refractivity contribution in [3.8, 4) is 11.5 Å². The van der Waals surface area contributed by atoms with Crippen LogP contribution in [-0.4, -0.2) is 81.3 Å². The maximum absolute atomic E-state index is 13.2. The lowest BCUT2D eigenvalue weighted by Gasteiger charge is -2.61. The van der Waals surface area contributed by atoms with Crippen LogP contribution in [0, 0.1) is 11.8 Å². The van der Waals surface area contributed by atoms with Crippen molar-refractivity contribution in [3.05, 3.63) is 71.0 Å². The number of carboxylic acids is 2. The lowest BCUT2D eigenvalue weighted by Crippen LogP contribution is -2.69. The monoisotopic (exact) mass is 680 g/mol. The molecule has 4 N–H and O–H groups in total. The molecule has 4 aliphatic rings. The summed E-state index contributed by atoms with van der Waals surface area (Å²) in [7, 11) is 1.51. The SMILES string of the molecule is COc1ccc2c3c1O[C@H]1C(OC(=O)[C@@H](O)CC(=O)O[C@H](C(=O)O[C@@H](CC(=O)O)C(=O)O)c4ccccc4)=CC[C@@]4(O)[C@@H](C2)C(C)CC[C@]314. The van der Waals surface area contributed by atoms with Crippen LogP contribution in [-0.2, 0) is 50.0 Å². The minimum absolute atomic E-state index is 0.0665. The summed E-state index contributed by atoms with van der Waals surface area (Å²) in [4.78, 5) is 61.6. The zero-order valence-corrected chi connectivity index (χ0v) is 26.7. The first-order chi connectivity index (χ1) is 23.3. The van der Waals surface area contributed by atoms with E-state index in [0.29, 0.717) is 24.3 Å². The maximum atomic E-state index is 13.2. The number of rotatable bonds is 12. The minimum Gasteiger partial charge on any atom is -0.493 e. The van der Waals surface area contributed by atoms with Crippen LogP contribution < -0.4 is 9.47 Å². The summed E-state index contributed by atoms with van der Waals surface area (Å²) in [5.74, 6) is -5.91. The molecule has 0 saturated heterocycles. The summed E-state index contributed by atoms with van der Waals surface area (Å²) in [6.45, 7) is 2.12. The van der Waals surface area contributed by atoms with Crippen molar-refractivity contribution in [2.75, 3.05) is 7.11 Å². The molecule has 49 heavy (non-hydrogen) atoms. The molecular weight excluding hydrogens is 644 g/mol. The van der Waals surface area contributed by atoms with E-state index in [1.54, 1.807) is 12.1 Å². The van der Waals surface area contributed by atoms with E-state index in [2.05, 4.69) is 6.92 Å². The third-order valence-electron chi connectivity index (χ3n) is 10.2. The van der Waals surface area contributed by atoms with Gasteiger partial charge in [0.1, 0.15) is 5.76 Å². The quantitative estimate of drug-likeness (QED) is 0.187. The molecule has 1 spiro atoms. The molecule has 1 unspecified atom stereocenters. The Morgan fingerprint density at radius 2 is 1.73 bits per heavy atom. The number of carbonyl (C=O) groups is 5. The van der Waals surface area contributed by atoms with Crippen LogP contribution in [0.2, 0.25) is 0 Å². The largest absolute Gasteiger partial charge is 0.493 e. The van der Waals surface area contributed by atoms with Crippen LogP contribution in [0.5, 0.6) is 11.5 Å². The van der Waals surface area contributed by atoms with E-state index in [1.807, 2.05) is 12.1 Å². The Bertz CT molecular complexity index is 1720. The summed E-state index contributed by atoms with van der Waals surface area (Å²) in [5, 5.41) is 41.4. The first-order valence-electron chi connectivity index (χ1n) is 15.9. The number of aliphatic hydroxyl groups is 2. The Kier molecular flexibility index (Phi) is 8.88. The fraction of sp³-hybridized carbons (Fsp3) is 0.457. The zero-order valence-electron chi connectivity index (χ0n) is 26.7. The van der Waals surface area contributed by atoms with Crippen molar-refractivity contribution in [1.82, 2.24) is 0 Å². The summed E-state index contributed by atoms with van der Waals surface area (Å²) in [6, 6.07) is 11.2. The normalized spacial score (nSPS) is 27.6. The van der Waals surface area contributed by atoms with Gasteiger partial charge in [0.2, 0.25) is 12.2 Å². The van der Waals surface area contributed by atoms with Crippen LogP contribution in [0.15, 0.2) is 54.3 Å². The van der Waals surface area contributed by atoms with Gasteiger partial charge in [-0.2, -0.15) is 0 Å². The molecule has 1 aliphatic heterocycles. The van der Waals surface area contributed by atoms with Crippen LogP contribution in [0.3, 0.4) is 0 Å². The molecule has 2 aromatic rings. The summed E-state index contributed by atoms with van der Waals surface area (Å²) >= 11 is 0. The molecule has 260 valence electrons. The molecule has 8 atom stereocenters. The molecule has 1 fully saturated rings. The second kappa shape index (κ2) is 12.8. The fourth-order valence-corrected chi connectivity index (χ4v) is 7.99. The van der Waals surface area contributed by atoms with Crippen molar-refractivity contribution < 1.29 is 68.1 Å². The van der Waals surface area contributed by atoms with Crippen molar-refractivity contribution in [1.29, 1.82) is 0 Å². The number of ether oxygens (including phenoxy) is 5. The Morgan fingerprint density at radius 3 is 2.41 bits per heavy atom. The molecular formula is C35H36O14. The number of carboxylic acid groups (broad SMARTS) is 2. The first kappa shape index (κ1) is 33.9. The van der Waals surface area contributed by atoms with E-state index in [-0.39, 0.29) is 29.6 Å². The van der Waals surface area contributed by atoms with Gasteiger partial charge in [0.25, 0.3) is 0 Å². The second-order valence-electron chi connectivity index (χ2n) is 12.9. The van der Waals surface area contributed by atoms with Gasteiger partial charge < -0.3 is 44.1 Å². The number of aliphatic hydroxyl groups excluding tert-OH is 1. The van der Waals surface area contributed by atoms with E-state index in [4.69, 9.17) is 28.8 Å². The Morgan fingerprint density at radius 1 is 1.00 bits per heavy atom. The van der Waals surface area contributed by atoms with Crippen LogP contribution >= 0.6 is 0 Å². The van der Waals surface area contributed by atoms with Crippen molar-refractivity contribution in [3.63, 3.8) is 0 Å². The van der Waals surface area contributed by atoms with Crippen molar-refractivity contribution >= 4 is 29.8 Å². The van der Waals surface area contributed by atoms with Gasteiger partial charge in [-0.1, -0.05) is 43.3 Å². The molecule has 6 rings (SSSR count). The van der Waals surface area contributed by atoms with Gasteiger partial charge >= 0.3 is 29.8 Å². The van der Waals surface area contributed by atoms with Gasteiger partial charge in [0.15, 0.2) is 23.7 Å². The van der Waals surface area contributed by atoms with Gasteiger partial charge in [-0.05, 0) is 55.2 Å². The molecule has 1 heterocycles. The highest BCUT2D eigenvalue weighted by molar-refractivity contribution is 5.87. The lowest BCUT2D eigenvalue weighted by molar-refractivity contribution is -0.181. The molecule has 0 aromatic heterocycles. The molecule has 3 aliphatic carbocycles. The van der Waals surface area contributed by atoms with Crippen molar-refractivity contribution in [2.24, 2.45) is 11.8 Å². The predicted octanol–water partition coefficient (Wildman–Crippen LogP) is 2.36. The molecule has 1 saturated carbocycles. The average Bonchev–Trinajstić information content (AvgIpc) is 3.42. The highest BCUT2D eigenvalue weighted by atomic mass is 16.6. The van der Waals surface area contributed by atoms with Crippen LogP contribution in [0.25, 0.3) is 0 Å². The number of aliphatic carboxylic acids is 2. The number of carbonyl (C=O) groups excluding carboxylic acids is 3. The maximum Gasteiger partial charge on any atom is 0.353 e. The summed E-state index contributed by atoms with van der Waals surface area (Å²) in [5.41, 5.74) is -0.201. The number of hydrogen-bond acceptors (Lipinski definition) is 12. The second-order valence-corrected chi connectivity index (χ2v) is 12.9. The van der Waals surface area contributed by atoms with Crippen molar-refractivity contribution in [2.45, 2.75) is 80.9 Å². The molecule has 2 aromatic carbocycles. The van der Waals surface area contributed by atoms with Crippen LogP contribution in [0.4, 0.5) is 0 Å². The Balaban J connectivity index is 1.19. The van der Waals surface area contributed by atoms with Gasteiger partial charge in [0, 0.05) is 11.1 Å². The standard InChI is InChI=1S/C35H36O14/c1-17-10-12-34-27-19-8-9-22(45-2)29(27)49-30(34)23(11-13-35(34,44)20(17)14-19)46-32(42)21(36)15-26(39)48-28(18-6-4-3-5-7-18)33(43)47-24(31(40)41)16-25(37)38/h3-9,11,17,20-21,24,28,30,36,44H,10,12-16H2,1-2H3,(H,37,38)(H,40,41)/t17?,20-,21-,24-,28-,30-,34-,35+/m0/s1. The number of hydrogen-bond donors (Lipinski definition) is 4. The molecule has 2 bridgehead atoms. The Labute approximate surface area is 280 Å². The molecule has 0 radical (unpaired) electrons. The highest BCUT2D eigenvalue weighted by Crippen LogP contribution is 2.68. The van der Waals surface area contributed by atoms with Gasteiger partial charge in [-0.25, -0.2) is 14.4 Å². The predicted molar refractivity (Wildman–Crippen MR) is 164 cm³/mol. The first-order valence-corrected chi connectivity index (χ1v) is 15.9.